The van der Waals surface area contributed by atoms with Gasteiger partial charge in [-0.1, -0.05) is 6.92 Å². The molecule has 0 fully saturated rings. The lowest BCUT2D eigenvalue weighted by atomic mass is 10.2. The minimum absolute atomic E-state index is 0.477. The third-order valence-corrected chi connectivity index (χ3v) is 2.20. The van der Waals surface area contributed by atoms with Gasteiger partial charge < -0.3 is 5.11 Å². The lowest BCUT2D eigenvalue weighted by molar-refractivity contribution is 0.169. The van der Waals surface area contributed by atoms with Crippen LogP contribution in [0.15, 0.2) is 18.3 Å². The maximum Gasteiger partial charge on any atom is 0.155 e. The fourth-order valence-corrected chi connectivity index (χ4v) is 1.41. The minimum Gasteiger partial charge on any atom is -0.387 e. The molecule has 0 radical (unpaired) electrons. The van der Waals surface area contributed by atoms with Crippen molar-refractivity contribution in [2.75, 3.05) is 0 Å². The van der Waals surface area contributed by atoms with E-state index in [0.717, 1.165) is 11.3 Å². The van der Waals surface area contributed by atoms with E-state index in [0.29, 0.717) is 12.1 Å². The molecule has 0 amide bonds. The van der Waals surface area contributed by atoms with Gasteiger partial charge in [0.2, 0.25) is 0 Å². The Balaban J connectivity index is 2.50. The van der Waals surface area contributed by atoms with E-state index in [1.54, 1.807) is 10.6 Å². The number of aliphatic hydroxyl groups excluding tert-OH is 1. The van der Waals surface area contributed by atoms with Crippen molar-refractivity contribution in [3.8, 4) is 0 Å². The van der Waals surface area contributed by atoms with Gasteiger partial charge in [0.15, 0.2) is 5.65 Å². The summed E-state index contributed by atoms with van der Waals surface area (Å²) in [5, 5.41) is 13.8. The van der Waals surface area contributed by atoms with Crippen molar-refractivity contribution in [2.45, 2.75) is 26.4 Å². The number of aryl methyl sites for hydroxylation is 1. The summed E-state index contributed by atoms with van der Waals surface area (Å²) in [6.45, 7) is 3.85. The molecule has 2 aromatic heterocycles. The zero-order valence-corrected chi connectivity index (χ0v) is 8.31. The molecule has 0 aliphatic rings. The second kappa shape index (κ2) is 3.38. The predicted octanol–water partition coefficient (Wildman–Crippen LogP) is 1.48. The molecule has 0 spiro atoms. The highest BCUT2D eigenvalue weighted by molar-refractivity contribution is 5.39. The monoisotopic (exact) mass is 191 g/mol. The normalized spacial score (nSPS) is 13.4. The third-order valence-electron chi connectivity index (χ3n) is 2.20. The number of hydrogen-bond donors (Lipinski definition) is 1. The molecule has 14 heavy (non-hydrogen) atoms. The van der Waals surface area contributed by atoms with Gasteiger partial charge in [0.1, 0.15) is 0 Å². The molecule has 74 valence electrons. The molecular formula is C10H13N3O. The van der Waals surface area contributed by atoms with Crippen LogP contribution in [-0.2, 0) is 0 Å². The van der Waals surface area contributed by atoms with E-state index in [1.165, 1.54) is 0 Å². The first kappa shape index (κ1) is 9.15. The Morgan fingerprint density at radius 1 is 1.57 bits per heavy atom. The molecule has 0 saturated heterocycles. The molecule has 0 aliphatic heterocycles. The quantitative estimate of drug-likeness (QED) is 0.782. The summed E-state index contributed by atoms with van der Waals surface area (Å²) in [5.74, 6) is 0. The Morgan fingerprint density at radius 2 is 2.36 bits per heavy atom. The average Bonchev–Trinajstić information content (AvgIpc) is 2.55. The predicted molar refractivity (Wildman–Crippen MR) is 53.0 cm³/mol. The summed E-state index contributed by atoms with van der Waals surface area (Å²) in [6, 6.07) is 3.69. The van der Waals surface area contributed by atoms with Gasteiger partial charge in [0.25, 0.3) is 0 Å². The fraction of sp³-hybridized carbons (Fsp3) is 0.400. The van der Waals surface area contributed by atoms with Crippen molar-refractivity contribution < 1.29 is 5.11 Å². The zero-order valence-electron chi connectivity index (χ0n) is 8.31. The Labute approximate surface area is 82.2 Å². The second-order valence-corrected chi connectivity index (χ2v) is 3.36. The summed E-state index contributed by atoms with van der Waals surface area (Å²) >= 11 is 0. The van der Waals surface area contributed by atoms with Crippen molar-refractivity contribution in [1.82, 2.24) is 14.6 Å². The van der Waals surface area contributed by atoms with Crippen molar-refractivity contribution >= 4 is 5.65 Å². The maximum absolute atomic E-state index is 9.60. The minimum atomic E-state index is -0.477. The highest BCUT2D eigenvalue weighted by Gasteiger charge is 2.07. The van der Waals surface area contributed by atoms with Crippen LogP contribution in [0.4, 0.5) is 0 Å². The van der Waals surface area contributed by atoms with E-state index in [4.69, 9.17) is 0 Å². The highest BCUT2D eigenvalue weighted by atomic mass is 16.3. The van der Waals surface area contributed by atoms with Crippen LogP contribution in [0, 0.1) is 6.92 Å². The van der Waals surface area contributed by atoms with Crippen molar-refractivity contribution in [2.24, 2.45) is 0 Å². The highest BCUT2D eigenvalue weighted by Crippen LogP contribution is 2.14. The summed E-state index contributed by atoms with van der Waals surface area (Å²) < 4.78 is 1.71. The summed E-state index contributed by atoms with van der Waals surface area (Å²) in [7, 11) is 0. The Kier molecular flexibility index (Phi) is 2.21. The number of nitrogens with zero attached hydrogens (tertiary/aromatic N) is 3. The fourth-order valence-electron chi connectivity index (χ4n) is 1.41. The number of aromatic nitrogens is 3. The molecule has 0 aliphatic carbocycles. The third kappa shape index (κ3) is 1.48. The van der Waals surface area contributed by atoms with Crippen LogP contribution in [0.3, 0.4) is 0 Å². The van der Waals surface area contributed by atoms with Crippen LogP contribution in [-0.4, -0.2) is 19.7 Å². The van der Waals surface area contributed by atoms with E-state index in [2.05, 4.69) is 10.1 Å². The van der Waals surface area contributed by atoms with Gasteiger partial charge in [-0.05, 0) is 19.4 Å². The van der Waals surface area contributed by atoms with Gasteiger partial charge in [0.05, 0.1) is 17.5 Å². The van der Waals surface area contributed by atoms with Gasteiger partial charge in [-0.3, -0.25) is 0 Å². The van der Waals surface area contributed by atoms with Crippen LogP contribution in [0.5, 0.6) is 0 Å². The Morgan fingerprint density at radius 3 is 3.07 bits per heavy atom. The second-order valence-electron chi connectivity index (χ2n) is 3.36. The van der Waals surface area contributed by atoms with E-state index >= 15 is 0 Å². The van der Waals surface area contributed by atoms with Gasteiger partial charge in [-0.2, -0.15) is 5.10 Å². The topological polar surface area (TPSA) is 50.4 Å². The molecule has 0 bridgehead atoms. The number of aliphatic hydroxyl groups is 1. The first-order valence-corrected chi connectivity index (χ1v) is 4.71. The smallest absolute Gasteiger partial charge is 0.155 e. The van der Waals surface area contributed by atoms with E-state index in [9.17, 15) is 5.11 Å². The van der Waals surface area contributed by atoms with Crippen LogP contribution < -0.4 is 0 Å². The molecular weight excluding hydrogens is 178 g/mol. The molecule has 2 rings (SSSR count). The first-order valence-electron chi connectivity index (χ1n) is 4.71. The average molecular weight is 191 g/mol. The number of hydrogen-bond acceptors (Lipinski definition) is 3. The SMILES string of the molecule is CCC(O)c1ccn2nc(C)cc2n1. The van der Waals surface area contributed by atoms with Crippen LogP contribution in [0.25, 0.3) is 5.65 Å². The number of rotatable bonds is 2. The standard InChI is InChI=1S/C10H13N3O/c1-3-9(14)8-4-5-13-10(11-8)6-7(2)12-13/h4-6,9,14H,3H2,1-2H3. The van der Waals surface area contributed by atoms with E-state index in [-0.39, 0.29) is 0 Å². The molecule has 2 heterocycles. The lowest BCUT2D eigenvalue weighted by Gasteiger charge is -2.06. The molecule has 2 aromatic rings. The largest absolute Gasteiger partial charge is 0.387 e. The molecule has 1 atom stereocenters. The van der Waals surface area contributed by atoms with Crippen molar-refractivity contribution in [3.63, 3.8) is 0 Å². The maximum atomic E-state index is 9.60. The summed E-state index contributed by atoms with van der Waals surface area (Å²) in [4.78, 5) is 4.32. The van der Waals surface area contributed by atoms with Crippen molar-refractivity contribution in [1.29, 1.82) is 0 Å². The lowest BCUT2D eigenvalue weighted by Crippen LogP contribution is -2.00. The number of fused-ring (bicyclic) bond motifs is 1. The van der Waals surface area contributed by atoms with Crippen molar-refractivity contribution in [3.05, 3.63) is 29.7 Å². The Bertz CT molecular complexity index is 450. The molecule has 0 aromatic carbocycles. The van der Waals surface area contributed by atoms with Gasteiger partial charge >= 0.3 is 0 Å². The molecule has 1 N–H and O–H groups in total. The molecule has 4 nitrogen and oxygen atoms in total. The Hall–Kier alpha value is -1.42. The molecule has 0 saturated carbocycles. The van der Waals surface area contributed by atoms with E-state index < -0.39 is 6.10 Å². The van der Waals surface area contributed by atoms with Crippen LogP contribution in [0.1, 0.15) is 30.8 Å². The van der Waals surface area contributed by atoms with Crippen LogP contribution in [0.2, 0.25) is 0 Å². The summed E-state index contributed by atoms with van der Waals surface area (Å²) in [6.07, 6.45) is 2.02. The molecule has 4 heteroatoms. The van der Waals surface area contributed by atoms with Gasteiger partial charge in [-0.15, -0.1) is 0 Å². The molecule has 1 unspecified atom stereocenters. The van der Waals surface area contributed by atoms with Gasteiger partial charge in [0, 0.05) is 12.3 Å². The first-order chi connectivity index (χ1) is 6.70. The van der Waals surface area contributed by atoms with Gasteiger partial charge in [-0.25, -0.2) is 9.50 Å². The van der Waals surface area contributed by atoms with E-state index in [1.807, 2.05) is 26.1 Å². The van der Waals surface area contributed by atoms with Crippen LogP contribution >= 0.6 is 0 Å². The summed E-state index contributed by atoms with van der Waals surface area (Å²) in [5.41, 5.74) is 2.42. The zero-order chi connectivity index (χ0) is 10.1.